The topological polar surface area (TPSA) is 89.9 Å². The van der Waals surface area contributed by atoms with Gasteiger partial charge in [0.25, 0.3) is 0 Å². The molecule has 26 heavy (non-hydrogen) atoms. The first-order valence-corrected chi connectivity index (χ1v) is 13.5. The van der Waals surface area contributed by atoms with Gasteiger partial charge >= 0.3 is 21.3 Å². The Labute approximate surface area is 156 Å². The van der Waals surface area contributed by atoms with E-state index in [2.05, 4.69) is 17.8 Å². The Bertz CT molecular complexity index is 525. The van der Waals surface area contributed by atoms with Gasteiger partial charge in [0.05, 0.1) is 0 Å². The molecule has 0 rings (SSSR count). The van der Waals surface area contributed by atoms with Crippen LogP contribution in [0.4, 0.5) is 8.78 Å². The first kappa shape index (κ1) is 25.4. The van der Waals surface area contributed by atoms with Crippen LogP contribution in [0.15, 0.2) is 0 Å². The van der Waals surface area contributed by atoms with E-state index in [1.807, 2.05) is 0 Å². The van der Waals surface area contributed by atoms with Crippen LogP contribution in [0, 0.1) is 0 Å². The zero-order chi connectivity index (χ0) is 20.4. The van der Waals surface area contributed by atoms with Crippen molar-refractivity contribution < 1.29 is 35.7 Å². The summed E-state index contributed by atoms with van der Waals surface area (Å²) in [6.07, 6.45) is 4.36. The number of ether oxygens (including phenoxy) is 1. The number of rotatable bonds is 14. The maximum atomic E-state index is 13.3. The van der Waals surface area contributed by atoms with Crippen molar-refractivity contribution in [2.45, 2.75) is 88.8 Å². The summed E-state index contributed by atoms with van der Waals surface area (Å²) in [6.45, 7) is 5.12. The molecule has 0 spiro atoms. The van der Waals surface area contributed by atoms with Gasteiger partial charge in [0.2, 0.25) is 0 Å². The highest BCUT2D eigenvalue weighted by Gasteiger charge is 2.51. The summed E-state index contributed by atoms with van der Waals surface area (Å²) >= 11 is 0. The zero-order valence-electron chi connectivity index (χ0n) is 16.1. The minimum absolute atomic E-state index is 0.0560. The van der Waals surface area contributed by atoms with Crippen molar-refractivity contribution in [2.24, 2.45) is 0 Å². The fourth-order valence-corrected chi connectivity index (χ4v) is 4.11. The molecule has 0 radical (unpaired) electrons. The lowest BCUT2D eigenvalue weighted by molar-refractivity contribution is -0.159. The Hall–Kier alpha value is -0.583. The van der Waals surface area contributed by atoms with E-state index in [0.717, 1.165) is 51.5 Å². The van der Waals surface area contributed by atoms with Gasteiger partial charge in [-0.05, 0) is 32.5 Å². The molecule has 1 atom stereocenters. The smallest absolute Gasteiger partial charge is 0.405 e. The van der Waals surface area contributed by atoms with Gasteiger partial charge in [-0.3, -0.25) is 9.35 Å². The standard InChI is InChI=1S/C16H32F2O6SSi/c1-14(16(17,18)25(20,21)22)24-15(19)12-10-8-6-5-7-9-11-13-26(3,4)23-2/h14H,5-13H2,1-4H3,(H,20,21,22). The van der Waals surface area contributed by atoms with E-state index in [1.165, 1.54) is 0 Å². The first-order valence-electron chi connectivity index (χ1n) is 8.93. The molecule has 0 aliphatic carbocycles. The Morgan fingerprint density at radius 2 is 1.54 bits per heavy atom. The summed E-state index contributed by atoms with van der Waals surface area (Å²) in [6, 6.07) is 1.14. The zero-order valence-corrected chi connectivity index (χ0v) is 17.9. The summed E-state index contributed by atoms with van der Waals surface area (Å²) in [5.41, 5.74) is 0. The highest BCUT2D eigenvalue weighted by molar-refractivity contribution is 7.86. The second-order valence-electron chi connectivity index (χ2n) is 7.11. The first-order chi connectivity index (χ1) is 11.8. The van der Waals surface area contributed by atoms with Crippen LogP contribution in [0.1, 0.15) is 58.3 Å². The maximum Gasteiger partial charge on any atom is 0.405 e. The van der Waals surface area contributed by atoms with Gasteiger partial charge in [0, 0.05) is 13.5 Å². The van der Waals surface area contributed by atoms with Crippen LogP contribution in [0.3, 0.4) is 0 Å². The molecule has 1 N–H and O–H groups in total. The van der Waals surface area contributed by atoms with E-state index >= 15 is 0 Å². The number of esters is 1. The highest BCUT2D eigenvalue weighted by atomic mass is 32.2. The summed E-state index contributed by atoms with van der Waals surface area (Å²) in [5.74, 6) is -0.896. The number of halogens is 2. The number of alkyl halides is 2. The molecule has 0 fully saturated rings. The number of carbonyl (C=O) groups excluding carboxylic acids is 1. The van der Waals surface area contributed by atoms with Crippen molar-refractivity contribution in [1.82, 2.24) is 0 Å². The Morgan fingerprint density at radius 3 is 2.00 bits per heavy atom. The second-order valence-corrected chi connectivity index (χ2v) is 13.0. The second kappa shape index (κ2) is 11.3. The lowest BCUT2D eigenvalue weighted by Gasteiger charge is -2.20. The van der Waals surface area contributed by atoms with Crippen molar-refractivity contribution >= 4 is 24.4 Å². The van der Waals surface area contributed by atoms with Gasteiger partial charge in [-0.1, -0.05) is 38.5 Å². The van der Waals surface area contributed by atoms with E-state index in [1.54, 1.807) is 7.11 Å². The fourth-order valence-electron chi connectivity index (χ4n) is 2.34. The highest BCUT2D eigenvalue weighted by Crippen LogP contribution is 2.27. The summed E-state index contributed by atoms with van der Waals surface area (Å²) in [5, 5.41) is -4.51. The monoisotopic (exact) mass is 418 g/mol. The van der Waals surface area contributed by atoms with Crippen LogP contribution in [0.25, 0.3) is 0 Å². The van der Waals surface area contributed by atoms with Gasteiger partial charge in [0.1, 0.15) is 0 Å². The average Bonchev–Trinajstić information content (AvgIpc) is 2.52. The number of carbonyl (C=O) groups is 1. The van der Waals surface area contributed by atoms with Crippen LogP contribution in [0.2, 0.25) is 19.1 Å². The third kappa shape index (κ3) is 9.93. The van der Waals surface area contributed by atoms with Crippen LogP contribution in [0.5, 0.6) is 0 Å². The molecule has 0 bridgehead atoms. The summed E-state index contributed by atoms with van der Waals surface area (Å²) in [7, 11) is -5.32. The number of unbranched alkanes of at least 4 members (excludes halogenated alkanes) is 6. The maximum absolute atomic E-state index is 13.3. The van der Waals surface area contributed by atoms with Crippen molar-refractivity contribution in [3.05, 3.63) is 0 Å². The molecule has 10 heteroatoms. The number of hydrogen-bond acceptors (Lipinski definition) is 5. The SMILES string of the molecule is CO[Si](C)(C)CCCCCCCCCC(=O)OC(C)C(F)(F)S(=O)(=O)O. The predicted molar refractivity (Wildman–Crippen MR) is 98.3 cm³/mol. The molecule has 0 saturated heterocycles. The van der Waals surface area contributed by atoms with E-state index in [0.29, 0.717) is 6.42 Å². The molecule has 0 aromatic heterocycles. The third-order valence-corrected chi connectivity index (χ3v) is 8.02. The minimum atomic E-state index is -5.61. The van der Waals surface area contributed by atoms with Crippen LogP contribution >= 0.6 is 0 Å². The average molecular weight is 419 g/mol. The quantitative estimate of drug-likeness (QED) is 0.195. The predicted octanol–water partition coefficient (Wildman–Crippen LogP) is 4.37. The fraction of sp³-hybridized carbons (Fsp3) is 0.938. The van der Waals surface area contributed by atoms with Gasteiger partial charge in [-0.15, -0.1) is 0 Å². The van der Waals surface area contributed by atoms with Gasteiger partial charge in [-0.2, -0.15) is 17.2 Å². The van der Waals surface area contributed by atoms with E-state index in [-0.39, 0.29) is 6.42 Å². The summed E-state index contributed by atoms with van der Waals surface area (Å²) in [4.78, 5) is 11.5. The molecule has 0 aromatic carbocycles. The molecule has 0 aliphatic heterocycles. The Morgan fingerprint density at radius 1 is 1.08 bits per heavy atom. The number of hydrogen-bond donors (Lipinski definition) is 1. The Balaban J connectivity index is 3.78. The molecule has 0 saturated carbocycles. The van der Waals surface area contributed by atoms with Crippen molar-refractivity contribution in [2.75, 3.05) is 7.11 Å². The summed E-state index contributed by atoms with van der Waals surface area (Å²) < 4.78 is 66.0. The van der Waals surface area contributed by atoms with Crippen LogP contribution in [-0.2, 0) is 24.1 Å². The third-order valence-electron chi connectivity index (χ3n) is 4.34. The van der Waals surface area contributed by atoms with Crippen LogP contribution in [-0.4, -0.2) is 45.7 Å². The van der Waals surface area contributed by atoms with Crippen molar-refractivity contribution in [3.63, 3.8) is 0 Å². The Kier molecular flexibility index (Phi) is 11.0. The minimum Gasteiger partial charge on any atom is -0.455 e. The molecule has 156 valence electrons. The van der Waals surface area contributed by atoms with E-state index < -0.39 is 35.8 Å². The van der Waals surface area contributed by atoms with E-state index in [4.69, 9.17) is 8.98 Å². The largest absolute Gasteiger partial charge is 0.455 e. The molecular formula is C16H32F2O6SSi. The molecule has 0 amide bonds. The van der Waals surface area contributed by atoms with Crippen LogP contribution < -0.4 is 0 Å². The molecule has 6 nitrogen and oxygen atoms in total. The van der Waals surface area contributed by atoms with Crippen molar-refractivity contribution in [3.8, 4) is 0 Å². The molecular weight excluding hydrogens is 386 g/mol. The van der Waals surface area contributed by atoms with Gasteiger partial charge < -0.3 is 9.16 Å². The lowest BCUT2D eigenvalue weighted by atomic mass is 10.1. The lowest BCUT2D eigenvalue weighted by Crippen LogP contribution is -2.41. The molecule has 0 aliphatic rings. The van der Waals surface area contributed by atoms with Crippen molar-refractivity contribution in [1.29, 1.82) is 0 Å². The van der Waals surface area contributed by atoms with Gasteiger partial charge in [-0.25, -0.2) is 0 Å². The normalized spacial score (nSPS) is 14.3. The van der Waals surface area contributed by atoms with E-state index in [9.17, 15) is 22.0 Å². The van der Waals surface area contributed by atoms with Gasteiger partial charge in [0.15, 0.2) is 14.4 Å². The molecule has 0 heterocycles. The molecule has 1 unspecified atom stereocenters. The molecule has 0 aromatic rings.